The first-order valence-corrected chi connectivity index (χ1v) is 10.0. The quantitative estimate of drug-likeness (QED) is 0.534. The molecule has 1 amide bonds. The van der Waals surface area contributed by atoms with Gasteiger partial charge in [-0.1, -0.05) is 30.3 Å². The lowest BCUT2D eigenvalue weighted by Crippen LogP contribution is -2.27. The minimum Gasteiger partial charge on any atom is -0.421 e. The van der Waals surface area contributed by atoms with Gasteiger partial charge in [-0.15, -0.1) is 10.2 Å². The van der Waals surface area contributed by atoms with Crippen LogP contribution in [0.15, 0.2) is 59.0 Å². The lowest BCUT2D eigenvalue weighted by molar-refractivity contribution is 0.0952. The van der Waals surface area contributed by atoms with Crippen molar-refractivity contribution in [1.82, 2.24) is 20.4 Å². The molecule has 6 nitrogen and oxygen atoms in total. The van der Waals surface area contributed by atoms with E-state index in [0.29, 0.717) is 23.9 Å². The zero-order valence-corrected chi connectivity index (χ0v) is 17.1. The maximum absolute atomic E-state index is 12.2. The Morgan fingerprint density at radius 1 is 0.966 bits per heavy atom. The van der Waals surface area contributed by atoms with E-state index in [1.807, 2.05) is 44.4 Å². The van der Waals surface area contributed by atoms with Gasteiger partial charge in [0, 0.05) is 24.1 Å². The maximum atomic E-state index is 12.2. The van der Waals surface area contributed by atoms with E-state index in [-0.39, 0.29) is 5.91 Å². The number of amides is 1. The summed E-state index contributed by atoms with van der Waals surface area (Å²) in [5.41, 5.74) is 2.75. The number of hydrogen-bond donors (Lipinski definition) is 1. The number of nitrogens with one attached hydrogen (secondary N) is 1. The highest BCUT2D eigenvalue weighted by Crippen LogP contribution is 2.19. The van der Waals surface area contributed by atoms with E-state index >= 15 is 0 Å². The van der Waals surface area contributed by atoms with E-state index in [2.05, 4.69) is 32.5 Å². The number of benzene rings is 2. The maximum Gasteiger partial charge on any atom is 0.251 e. The molecule has 2 aromatic carbocycles. The molecule has 0 fully saturated rings. The summed E-state index contributed by atoms with van der Waals surface area (Å²) >= 11 is 0. The molecule has 1 heterocycles. The van der Waals surface area contributed by atoms with Crippen LogP contribution in [0.3, 0.4) is 0 Å². The Morgan fingerprint density at radius 3 is 2.45 bits per heavy atom. The third-order valence-electron chi connectivity index (χ3n) is 4.63. The van der Waals surface area contributed by atoms with Crippen molar-refractivity contribution in [3.05, 3.63) is 71.6 Å². The Bertz CT molecular complexity index is 889. The van der Waals surface area contributed by atoms with Crippen molar-refractivity contribution in [1.29, 1.82) is 0 Å². The Labute approximate surface area is 172 Å². The summed E-state index contributed by atoms with van der Waals surface area (Å²) in [5, 5.41) is 11.2. The average Bonchev–Trinajstić information content (AvgIpc) is 3.21. The second kappa shape index (κ2) is 10.5. The number of carbonyl (C=O) groups is 1. The van der Waals surface area contributed by atoms with Gasteiger partial charge >= 0.3 is 0 Å². The third kappa shape index (κ3) is 6.54. The smallest absolute Gasteiger partial charge is 0.251 e. The number of aryl methyl sites for hydroxylation is 2. The van der Waals surface area contributed by atoms with E-state index in [4.69, 9.17) is 4.42 Å². The third-order valence-corrected chi connectivity index (χ3v) is 4.63. The molecule has 1 N–H and O–H groups in total. The minimum atomic E-state index is -0.0672. The first kappa shape index (κ1) is 20.7. The van der Waals surface area contributed by atoms with Gasteiger partial charge in [-0.25, -0.2) is 0 Å². The molecule has 0 saturated heterocycles. The van der Waals surface area contributed by atoms with Crippen LogP contribution in [0.2, 0.25) is 0 Å². The van der Waals surface area contributed by atoms with E-state index in [9.17, 15) is 4.79 Å². The van der Waals surface area contributed by atoms with Crippen molar-refractivity contribution in [2.75, 3.05) is 27.2 Å². The summed E-state index contributed by atoms with van der Waals surface area (Å²) in [6.45, 7) is 1.61. The van der Waals surface area contributed by atoms with E-state index in [1.54, 1.807) is 12.1 Å². The molecule has 3 rings (SSSR count). The molecule has 0 spiro atoms. The summed E-state index contributed by atoms with van der Waals surface area (Å²) < 4.78 is 5.78. The molecule has 152 valence electrons. The molecule has 0 saturated carbocycles. The first-order valence-electron chi connectivity index (χ1n) is 10.0. The fourth-order valence-electron chi connectivity index (χ4n) is 3.02. The van der Waals surface area contributed by atoms with Gasteiger partial charge in [0.15, 0.2) is 0 Å². The molecule has 3 aromatic rings. The van der Waals surface area contributed by atoms with Crippen LogP contribution in [-0.2, 0) is 12.8 Å². The van der Waals surface area contributed by atoms with E-state index < -0.39 is 0 Å². The minimum absolute atomic E-state index is 0.0672. The van der Waals surface area contributed by atoms with Crippen molar-refractivity contribution in [2.45, 2.75) is 25.7 Å². The zero-order valence-electron chi connectivity index (χ0n) is 17.1. The van der Waals surface area contributed by atoms with Gasteiger partial charge in [-0.3, -0.25) is 4.79 Å². The summed E-state index contributed by atoms with van der Waals surface area (Å²) in [6, 6.07) is 17.6. The highest BCUT2D eigenvalue weighted by atomic mass is 16.4. The van der Waals surface area contributed by atoms with Crippen LogP contribution in [-0.4, -0.2) is 48.2 Å². The van der Waals surface area contributed by atoms with Gasteiger partial charge in [0.1, 0.15) is 0 Å². The molecule has 0 radical (unpaired) electrons. The molecular weight excluding hydrogens is 364 g/mol. The standard InChI is InChI=1S/C23H28N4O2/c1-27(2)17-7-16-24-22(28)19-12-14-20(15-13-19)23-26-25-21(29-23)11-6-10-18-8-4-3-5-9-18/h3-5,8-9,12-15H,6-7,10-11,16-17H2,1-2H3,(H,24,28). The fourth-order valence-corrected chi connectivity index (χ4v) is 3.02. The highest BCUT2D eigenvalue weighted by molar-refractivity contribution is 5.94. The van der Waals surface area contributed by atoms with Crippen LogP contribution in [0.1, 0.15) is 34.7 Å². The van der Waals surface area contributed by atoms with Crippen molar-refractivity contribution in [3.63, 3.8) is 0 Å². The molecule has 0 bridgehead atoms. The first-order chi connectivity index (χ1) is 14.1. The van der Waals surface area contributed by atoms with Gasteiger partial charge in [0.05, 0.1) is 0 Å². The van der Waals surface area contributed by atoms with E-state index in [0.717, 1.165) is 37.8 Å². The number of hydrogen-bond acceptors (Lipinski definition) is 5. The lowest BCUT2D eigenvalue weighted by Gasteiger charge is -2.10. The van der Waals surface area contributed by atoms with Crippen molar-refractivity contribution < 1.29 is 9.21 Å². The summed E-state index contributed by atoms with van der Waals surface area (Å²) in [5.74, 6) is 1.05. The SMILES string of the molecule is CN(C)CCCNC(=O)c1ccc(-c2nnc(CCCc3ccccc3)o2)cc1. The highest BCUT2D eigenvalue weighted by Gasteiger charge is 2.10. The topological polar surface area (TPSA) is 71.3 Å². The van der Waals surface area contributed by atoms with Crippen LogP contribution in [0.4, 0.5) is 0 Å². The fraction of sp³-hybridized carbons (Fsp3) is 0.348. The van der Waals surface area contributed by atoms with Crippen LogP contribution in [0.25, 0.3) is 11.5 Å². The van der Waals surface area contributed by atoms with Crippen LogP contribution in [0.5, 0.6) is 0 Å². The predicted molar refractivity (Wildman–Crippen MR) is 114 cm³/mol. The lowest BCUT2D eigenvalue weighted by atomic mass is 10.1. The van der Waals surface area contributed by atoms with Crippen molar-refractivity contribution in [2.24, 2.45) is 0 Å². The second-order valence-electron chi connectivity index (χ2n) is 7.33. The van der Waals surface area contributed by atoms with Gasteiger partial charge in [-0.05, 0) is 69.7 Å². The molecule has 0 aliphatic rings. The molecule has 1 aromatic heterocycles. The average molecular weight is 393 g/mol. The molecule has 0 unspecified atom stereocenters. The molecule has 0 atom stereocenters. The Balaban J connectivity index is 1.49. The second-order valence-corrected chi connectivity index (χ2v) is 7.33. The molecule has 29 heavy (non-hydrogen) atoms. The van der Waals surface area contributed by atoms with Crippen LogP contribution >= 0.6 is 0 Å². The number of aromatic nitrogens is 2. The Kier molecular flexibility index (Phi) is 7.53. The predicted octanol–water partition coefficient (Wildman–Crippen LogP) is 3.59. The van der Waals surface area contributed by atoms with Gasteiger partial charge in [0.2, 0.25) is 11.8 Å². The molecule has 0 aliphatic carbocycles. The Hall–Kier alpha value is -2.99. The zero-order chi connectivity index (χ0) is 20.5. The summed E-state index contributed by atoms with van der Waals surface area (Å²) in [7, 11) is 4.04. The summed E-state index contributed by atoms with van der Waals surface area (Å²) in [4.78, 5) is 14.3. The number of rotatable bonds is 10. The normalized spacial score (nSPS) is 11.0. The number of carbonyl (C=O) groups excluding carboxylic acids is 1. The van der Waals surface area contributed by atoms with Gasteiger partial charge in [0.25, 0.3) is 5.91 Å². The van der Waals surface area contributed by atoms with E-state index in [1.165, 1.54) is 5.56 Å². The molecular formula is C23H28N4O2. The van der Waals surface area contributed by atoms with Crippen LogP contribution in [0, 0.1) is 0 Å². The number of nitrogens with zero attached hydrogens (tertiary/aromatic N) is 3. The van der Waals surface area contributed by atoms with Crippen LogP contribution < -0.4 is 5.32 Å². The molecule has 0 aliphatic heterocycles. The monoisotopic (exact) mass is 392 g/mol. The van der Waals surface area contributed by atoms with Crippen molar-refractivity contribution in [3.8, 4) is 11.5 Å². The summed E-state index contributed by atoms with van der Waals surface area (Å²) in [6.07, 6.45) is 3.61. The van der Waals surface area contributed by atoms with Gasteiger partial charge in [-0.2, -0.15) is 0 Å². The van der Waals surface area contributed by atoms with Crippen molar-refractivity contribution >= 4 is 5.91 Å². The molecule has 6 heteroatoms. The Morgan fingerprint density at radius 2 is 1.72 bits per heavy atom. The van der Waals surface area contributed by atoms with Gasteiger partial charge < -0.3 is 14.6 Å². The largest absolute Gasteiger partial charge is 0.421 e.